The summed E-state index contributed by atoms with van der Waals surface area (Å²) in [4.78, 5) is 23.4. The van der Waals surface area contributed by atoms with Crippen molar-refractivity contribution in [2.45, 2.75) is 18.8 Å². The highest BCUT2D eigenvalue weighted by Crippen LogP contribution is 2.42. The summed E-state index contributed by atoms with van der Waals surface area (Å²) in [5, 5.41) is 10.6. The minimum Gasteiger partial charge on any atom is -0.506 e. The molecule has 1 fully saturated rings. The standard InChI is InChI=1S/C14H12O4S/c1-18-13(16)11-12(15)9-5-4-8(7-2-3-7)6-10(9)19-14(11)17/h4-7,15H,2-3H2,1H3. The molecule has 0 radical (unpaired) electrons. The normalized spacial score (nSPS) is 14.6. The Morgan fingerprint density at radius 3 is 2.79 bits per heavy atom. The number of benzene rings is 1. The molecule has 5 heteroatoms. The summed E-state index contributed by atoms with van der Waals surface area (Å²) in [6.07, 6.45) is 2.35. The van der Waals surface area contributed by atoms with Gasteiger partial charge in [0, 0.05) is 10.1 Å². The Hall–Kier alpha value is -1.88. The van der Waals surface area contributed by atoms with Gasteiger partial charge >= 0.3 is 5.97 Å². The van der Waals surface area contributed by atoms with E-state index in [4.69, 9.17) is 0 Å². The number of aromatic hydroxyl groups is 1. The molecule has 2 aromatic rings. The first-order valence-corrected chi connectivity index (χ1v) is 6.81. The Balaban J connectivity index is 2.25. The predicted molar refractivity (Wildman–Crippen MR) is 73.1 cm³/mol. The predicted octanol–water partition coefficient (Wildman–Crippen LogP) is 2.63. The van der Waals surface area contributed by atoms with Crippen molar-refractivity contribution in [3.8, 4) is 5.75 Å². The molecule has 19 heavy (non-hydrogen) atoms. The first-order chi connectivity index (χ1) is 9.11. The third kappa shape index (κ3) is 2.00. The molecule has 98 valence electrons. The van der Waals surface area contributed by atoms with Crippen molar-refractivity contribution in [1.29, 1.82) is 0 Å². The molecule has 1 aromatic heterocycles. The molecule has 1 aliphatic rings. The Kier molecular flexibility index (Phi) is 2.78. The van der Waals surface area contributed by atoms with E-state index in [0.717, 1.165) is 11.3 Å². The van der Waals surface area contributed by atoms with Crippen molar-refractivity contribution >= 4 is 27.4 Å². The highest BCUT2D eigenvalue weighted by molar-refractivity contribution is 7.16. The number of rotatable bonds is 2. The molecular formula is C14H12O4S. The van der Waals surface area contributed by atoms with Crippen LogP contribution in [0.25, 0.3) is 10.1 Å². The number of fused-ring (bicyclic) bond motifs is 1. The van der Waals surface area contributed by atoms with Gasteiger partial charge in [-0.25, -0.2) is 4.79 Å². The van der Waals surface area contributed by atoms with Crippen LogP contribution in [0.5, 0.6) is 5.75 Å². The van der Waals surface area contributed by atoms with Gasteiger partial charge in [0.1, 0.15) is 5.75 Å². The average molecular weight is 276 g/mol. The molecule has 0 atom stereocenters. The fraction of sp³-hybridized carbons (Fsp3) is 0.286. The van der Waals surface area contributed by atoms with Crippen LogP contribution in [0.15, 0.2) is 23.0 Å². The largest absolute Gasteiger partial charge is 0.506 e. The molecule has 4 nitrogen and oxygen atoms in total. The van der Waals surface area contributed by atoms with Gasteiger partial charge in [-0.3, -0.25) is 4.79 Å². The molecule has 0 bridgehead atoms. The van der Waals surface area contributed by atoms with E-state index >= 15 is 0 Å². The van der Waals surface area contributed by atoms with Crippen LogP contribution >= 0.6 is 11.3 Å². The van der Waals surface area contributed by atoms with Crippen LogP contribution in [0, 0.1) is 0 Å². The third-order valence-electron chi connectivity index (χ3n) is 3.34. The van der Waals surface area contributed by atoms with Crippen LogP contribution in [0.3, 0.4) is 0 Å². The van der Waals surface area contributed by atoms with Crippen molar-refractivity contribution in [3.63, 3.8) is 0 Å². The maximum atomic E-state index is 11.9. The van der Waals surface area contributed by atoms with E-state index in [2.05, 4.69) is 4.74 Å². The quantitative estimate of drug-likeness (QED) is 0.856. The zero-order valence-corrected chi connectivity index (χ0v) is 11.1. The van der Waals surface area contributed by atoms with Crippen molar-refractivity contribution < 1.29 is 14.6 Å². The molecular weight excluding hydrogens is 264 g/mol. The van der Waals surface area contributed by atoms with Crippen molar-refractivity contribution in [1.82, 2.24) is 0 Å². The van der Waals surface area contributed by atoms with Crippen LogP contribution in [0.4, 0.5) is 0 Å². The van der Waals surface area contributed by atoms with Crippen molar-refractivity contribution in [2.75, 3.05) is 7.11 Å². The lowest BCUT2D eigenvalue weighted by molar-refractivity contribution is 0.0597. The molecule has 3 rings (SSSR count). The van der Waals surface area contributed by atoms with Gasteiger partial charge in [0.25, 0.3) is 4.74 Å². The molecule has 1 aromatic carbocycles. The van der Waals surface area contributed by atoms with Crippen molar-refractivity contribution in [2.24, 2.45) is 0 Å². The zero-order valence-electron chi connectivity index (χ0n) is 10.3. The van der Waals surface area contributed by atoms with Gasteiger partial charge < -0.3 is 9.84 Å². The number of carbonyl (C=O) groups excluding carboxylic acids is 1. The Morgan fingerprint density at radius 2 is 2.16 bits per heavy atom. The smallest absolute Gasteiger partial charge is 0.346 e. The molecule has 0 aliphatic heterocycles. The molecule has 1 heterocycles. The summed E-state index contributed by atoms with van der Waals surface area (Å²) in [5.74, 6) is -0.506. The summed E-state index contributed by atoms with van der Waals surface area (Å²) in [5.41, 5.74) is 0.910. The number of carbonyl (C=O) groups is 1. The van der Waals surface area contributed by atoms with Gasteiger partial charge in [-0.15, -0.1) is 0 Å². The van der Waals surface area contributed by atoms with Crippen LogP contribution in [0.1, 0.15) is 34.7 Å². The molecule has 0 spiro atoms. The monoisotopic (exact) mass is 276 g/mol. The third-order valence-corrected chi connectivity index (χ3v) is 4.29. The second-order valence-electron chi connectivity index (χ2n) is 4.63. The van der Waals surface area contributed by atoms with Gasteiger partial charge in [-0.1, -0.05) is 17.4 Å². The van der Waals surface area contributed by atoms with Gasteiger partial charge in [-0.2, -0.15) is 0 Å². The second-order valence-corrected chi connectivity index (χ2v) is 5.65. The van der Waals surface area contributed by atoms with Gasteiger partial charge in [0.2, 0.25) is 0 Å². The first-order valence-electron chi connectivity index (χ1n) is 6.00. The van der Waals surface area contributed by atoms with Crippen LogP contribution in [0.2, 0.25) is 0 Å². The van der Waals surface area contributed by atoms with E-state index in [9.17, 15) is 14.7 Å². The average Bonchev–Trinajstić information content (AvgIpc) is 3.22. The molecule has 0 amide bonds. The topological polar surface area (TPSA) is 63.6 Å². The van der Waals surface area contributed by atoms with Crippen LogP contribution in [-0.2, 0) is 4.74 Å². The second kappa shape index (κ2) is 4.35. The number of hydrogen-bond donors (Lipinski definition) is 1. The highest BCUT2D eigenvalue weighted by atomic mass is 32.1. The lowest BCUT2D eigenvalue weighted by Gasteiger charge is -2.06. The fourth-order valence-corrected chi connectivity index (χ4v) is 3.11. The van der Waals surface area contributed by atoms with E-state index < -0.39 is 10.7 Å². The van der Waals surface area contributed by atoms with E-state index in [1.807, 2.05) is 12.1 Å². The molecule has 0 saturated heterocycles. The van der Waals surface area contributed by atoms with Gasteiger partial charge in [0.15, 0.2) is 5.56 Å². The van der Waals surface area contributed by atoms with Crippen LogP contribution in [-0.4, -0.2) is 18.2 Å². The summed E-state index contributed by atoms with van der Waals surface area (Å²) < 4.78 is 4.77. The van der Waals surface area contributed by atoms with E-state index in [1.165, 1.54) is 25.5 Å². The SMILES string of the molecule is COC(=O)c1c(O)c2ccc(C3CC3)cc2sc1=O. The van der Waals surface area contributed by atoms with E-state index in [-0.39, 0.29) is 11.3 Å². The molecule has 1 N–H and O–H groups in total. The molecule has 1 aliphatic carbocycles. The van der Waals surface area contributed by atoms with E-state index in [0.29, 0.717) is 16.0 Å². The van der Waals surface area contributed by atoms with E-state index in [1.54, 1.807) is 6.07 Å². The molecule has 1 saturated carbocycles. The number of methoxy groups -OCH3 is 1. The maximum absolute atomic E-state index is 11.9. The minimum absolute atomic E-state index is 0.279. The maximum Gasteiger partial charge on any atom is 0.346 e. The minimum atomic E-state index is -0.799. The summed E-state index contributed by atoms with van der Waals surface area (Å²) in [6, 6.07) is 5.64. The van der Waals surface area contributed by atoms with Crippen molar-refractivity contribution in [3.05, 3.63) is 38.9 Å². The summed E-state index contributed by atoms with van der Waals surface area (Å²) in [6.45, 7) is 0. The number of ether oxygens (including phenoxy) is 1. The number of hydrogen-bond acceptors (Lipinski definition) is 5. The first kappa shape index (κ1) is 12.2. The van der Waals surface area contributed by atoms with Gasteiger partial charge in [0.05, 0.1) is 7.11 Å². The van der Waals surface area contributed by atoms with Gasteiger partial charge in [-0.05, 0) is 36.5 Å². The zero-order chi connectivity index (χ0) is 13.6. The summed E-state index contributed by atoms with van der Waals surface area (Å²) in [7, 11) is 1.19. The number of esters is 1. The summed E-state index contributed by atoms with van der Waals surface area (Å²) >= 11 is 0.969. The lowest BCUT2D eigenvalue weighted by Crippen LogP contribution is -2.13. The Labute approximate surface area is 113 Å². The molecule has 0 unspecified atom stereocenters. The Morgan fingerprint density at radius 1 is 1.42 bits per heavy atom. The van der Waals surface area contributed by atoms with Crippen LogP contribution < -0.4 is 4.74 Å². The highest BCUT2D eigenvalue weighted by Gasteiger charge is 2.25. The Bertz CT molecular complexity index is 728. The fourth-order valence-electron chi connectivity index (χ4n) is 2.15. The lowest BCUT2D eigenvalue weighted by atomic mass is 10.1.